The topological polar surface area (TPSA) is 144 Å². The van der Waals surface area contributed by atoms with Crippen LogP contribution in [0, 0.1) is 0 Å². The molecule has 1 aliphatic heterocycles. The number of nitrogens with one attached hydrogen (secondary N) is 1. The van der Waals surface area contributed by atoms with Gasteiger partial charge >= 0.3 is 0 Å². The molecule has 12 heteroatoms. The quantitative estimate of drug-likeness (QED) is 0.460. The van der Waals surface area contributed by atoms with Gasteiger partial charge in [-0.25, -0.2) is 4.98 Å². The van der Waals surface area contributed by atoms with Crippen LogP contribution in [0.15, 0.2) is 36.4 Å². The number of nitrogens with zero attached hydrogens (tertiary/aromatic N) is 4. The van der Waals surface area contributed by atoms with Crippen LogP contribution in [0.25, 0.3) is 0 Å². The van der Waals surface area contributed by atoms with Gasteiger partial charge in [0.05, 0.1) is 11.7 Å². The number of anilines is 2. The molecular weight excluding hydrogens is 468 g/mol. The van der Waals surface area contributed by atoms with Crippen LogP contribution in [0.1, 0.15) is 39.3 Å². The molecule has 0 atom stereocenters. The number of halogens is 1. The molecule has 33 heavy (non-hydrogen) atoms. The summed E-state index contributed by atoms with van der Waals surface area (Å²) in [7, 11) is 0. The van der Waals surface area contributed by atoms with Crippen LogP contribution in [0.4, 0.5) is 10.9 Å². The van der Waals surface area contributed by atoms with Crippen molar-refractivity contribution in [3.63, 3.8) is 0 Å². The van der Waals surface area contributed by atoms with Crippen molar-refractivity contribution < 1.29 is 19.4 Å². The Labute approximate surface area is 198 Å². The first-order valence-electron chi connectivity index (χ1n) is 10.1. The molecule has 1 aromatic carbocycles. The monoisotopic (exact) mass is 488 g/mol. The predicted molar refractivity (Wildman–Crippen MR) is 124 cm³/mol. The Morgan fingerprint density at radius 2 is 1.91 bits per heavy atom. The number of aliphatic hydroxyl groups is 1. The average Bonchev–Trinajstić information content (AvgIpc) is 3.26. The summed E-state index contributed by atoms with van der Waals surface area (Å²) < 4.78 is 5.63. The number of rotatable bonds is 7. The molecule has 0 bridgehead atoms. The maximum Gasteiger partial charge on any atom is 0.296 e. The molecule has 4 N–H and O–H groups in total. The number of piperidine rings is 1. The van der Waals surface area contributed by atoms with Gasteiger partial charge in [-0.3, -0.25) is 14.9 Å². The van der Waals surface area contributed by atoms with Crippen LogP contribution in [-0.2, 0) is 6.61 Å². The molecule has 2 amide bonds. The van der Waals surface area contributed by atoms with Gasteiger partial charge in [-0.15, -0.1) is 5.10 Å². The number of benzene rings is 1. The molecule has 0 spiro atoms. The van der Waals surface area contributed by atoms with Crippen molar-refractivity contribution in [2.75, 3.05) is 23.3 Å². The third kappa shape index (κ3) is 5.75. The zero-order chi connectivity index (χ0) is 23.4. The largest absolute Gasteiger partial charge is 0.464 e. The van der Waals surface area contributed by atoms with Gasteiger partial charge in [-0.05, 0) is 54.0 Å². The lowest BCUT2D eigenvalue weighted by atomic mass is 10.1. The first-order chi connectivity index (χ1) is 15.9. The van der Waals surface area contributed by atoms with Gasteiger partial charge in [0.2, 0.25) is 5.13 Å². The van der Waals surface area contributed by atoms with Gasteiger partial charge in [0.15, 0.2) is 0 Å². The van der Waals surface area contributed by atoms with Crippen molar-refractivity contribution in [3.8, 4) is 5.19 Å². The number of carbonyl (C=O) groups excluding carboxylic acids is 2. The minimum atomic E-state index is -0.688. The van der Waals surface area contributed by atoms with Crippen molar-refractivity contribution in [1.82, 2.24) is 15.2 Å². The van der Waals surface area contributed by atoms with Gasteiger partial charge in [0.25, 0.3) is 17.0 Å². The lowest BCUT2D eigenvalue weighted by Crippen LogP contribution is -2.38. The standard InChI is InChI=1S/C21H21ClN6O4S/c22-13-3-1-12(2-4-13)11-32-21-27-26-20(33-21)25-19(31)15-5-6-16(17(23)30)24-18(15)28-9-7-14(29)8-10-28/h1-6,14,29H,7-11H2,(H2,23,30)(H,25,26,31). The summed E-state index contributed by atoms with van der Waals surface area (Å²) in [6, 6.07) is 10.1. The number of hydrogen-bond donors (Lipinski definition) is 3. The first kappa shape index (κ1) is 22.9. The summed E-state index contributed by atoms with van der Waals surface area (Å²) in [6.07, 6.45) is 0.674. The van der Waals surface area contributed by atoms with E-state index < -0.39 is 17.9 Å². The number of aromatic nitrogens is 3. The second-order valence-electron chi connectivity index (χ2n) is 7.39. The molecule has 0 aliphatic carbocycles. The van der Waals surface area contributed by atoms with Crippen LogP contribution in [0.2, 0.25) is 5.02 Å². The van der Waals surface area contributed by atoms with E-state index in [0.29, 0.717) is 42.0 Å². The fourth-order valence-electron chi connectivity index (χ4n) is 3.29. The SMILES string of the molecule is NC(=O)c1ccc(C(=O)Nc2nnc(OCc3ccc(Cl)cc3)s2)c(N2CCC(O)CC2)n1. The highest BCUT2D eigenvalue weighted by molar-refractivity contribution is 7.17. The molecule has 3 aromatic rings. The first-order valence-corrected chi connectivity index (χ1v) is 11.3. The summed E-state index contributed by atoms with van der Waals surface area (Å²) in [4.78, 5) is 30.7. The van der Waals surface area contributed by atoms with E-state index in [1.54, 1.807) is 12.1 Å². The van der Waals surface area contributed by atoms with Crippen LogP contribution in [0.5, 0.6) is 5.19 Å². The minimum Gasteiger partial charge on any atom is -0.464 e. The van der Waals surface area contributed by atoms with E-state index in [2.05, 4.69) is 20.5 Å². The summed E-state index contributed by atoms with van der Waals surface area (Å²) in [5, 5.41) is 21.6. The van der Waals surface area contributed by atoms with Gasteiger partial charge in [-0.1, -0.05) is 28.8 Å². The molecule has 1 fully saturated rings. The van der Waals surface area contributed by atoms with Crippen LogP contribution in [0.3, 0.4) is 0 Å². The molecule has 0 unspecified atom stereocenters. The van der Waals surface area contributed by atoms with Gasteiger partial charge in [-0.2, -0.15) is 0 Å². The fraction of sp³-hybridized carbons (Fsp3) is 0.286. The number of aliphatic hydroxyl groups excluding tert-OH is 1. The molecule has 0 saturated carbocycles. The number of primary amides is 1. The lowest BCUT2D eigenvalue weighted by molar-refractivity contribution is 0.0990. The van der Waals surface area contributed by atoms with Gasteiger partial charge < -0.3 is 20.5 Å². The van der Waals surface area contributed by atoms with E-state index in [1.807, 2.05) is 17.0 Å². The Balaban J connectivity index is 1.46. The van der Waals surface area contributed by atoms with E-state index in [4.69, 9.17) is 22.1 Å². The van der Waals surface area contributed by atoms with Crippen molar-refractivity contribution >= 4 is 45.7 Å². The number of amides is 2. The maximum atomic E-state index is 13.0. The highest BCUT2D eigenvalue weighted by Gasteiger charge is 2.25. The van der Waals surface area contributed by atoms with E-state index in [9.17, 15) is 14.7 Å². The zero-order valence-corrected chi connectivity index (χ0v) is 19.0. The molecule has 0 radical (unpaired) electrons. The normalized spacial score (nSPS) is 14.2. The van der Waals surface area contributed by atoms with E-state index >= 15 is 0 Å². The van der Waals surface area contributed by atoms with Crippen molar-refractivity contribution in [2.24, 2.45) is 5.73 Å². The predicted octanol–water partition coefficient (Wildman–Crippen LogP) is 2.48. The molecule has 10 nitrogen and oxygen atoms in total. The lowest BCUT2D eigenvalue weighted by Gasteiger charge is -2.31. The summed E-state index contributed by atoms with van der Waals surface area (Å²) in [6.45, 7) is 1.28. The van der Waals surface area contributed by atoms with Crippen molar-refractivity contribution in [1.29, 1.82) is 0 Å². The highest BCUT2D eigenvalue weighted by atomic mass is 35.5. The Morgan fingerprint density at radius 1 is 1.18 bits per heavy atom. The molecule has 1 aliphatic rings. The number of ether oxygens (including phenoxy) is 1. The second-order valence-corrected chi connectivity index (χ2v) is 8.77. The second kappa shape index (κ2) is 10.1. The van der Waals surface area contributed by atoms with Crippen LogP contribution in [-0.4, -0.2) is 51.3 Å². The van der Waals surface area contributed by atoms with Crippen molar-refractivity contribution in [2.45, 2.75) is 25.6 Å². The van der Waals surface area contributed by atoms with Crippen LogP contribution >= 0.6 is 22.9 Å². The highest BCUT2D eigenvalue weighted by Crippen LogP contribution is 2.27. The van der Waals surface area contributed by atoms with Crippen LogP contribution < -0.4 is 20.7 Å². The Morgan fingerprint density at radius 3 is 2.61 bits per heavy atom. The summed E-state index contributed by atoms with van der Waals surface area (Å²) in [5.41, 5.74) is 6.60. The molecular formula is C21H21ClN6O4S. The summed E-state index contributed by atoms with van der Waals surface area (Å²) in [5.74, 6) is -0.814. The maximum absolute atomic E-state index is 13.0. The van der Waals surface area contributed by atoms with Crippen molar-refractivity contribution in [3.05, 3.63) is 58.2 Å². The Hall–Kier alpha value is -3.28. The van der Waals surface area contributed by atoms with Gasteiger partial charge in [0, 0.05) is 18.1 Å². The molecule has 3 heterocycles. The number of hydrogen-bond acceptors (Lipinski definition) is 9. The Bertz CT molecular complexity index is 1150. The smallest absolute Gasteiger partial charge is 0.296 e. The number of carbonyl (C=O) groups is 2. The molecule has 4 rings (SSSR count). The third-order valence-electron chi connectivity index (χ3n) is 5.04. The molecule has 1 saturated heterocycles. The van der Waals surface area contributed by atoms with E-state index in [1.165, 1.54) is 12.1 Å². The minimum absolute atomic E-state index is 0.0569. The zero-order valence-electron chi connectivity index (χ0n) is 17.4. The number of pyridine rings is 1. The Kier molecular flexibility index (Phi) is 7.02. The van der Waals surface area contributed by atoms with E-state index in [0.717, 1.165) is 16.9 Å². The molecule has 2 aromatic heterocycles. The van der Waals surface area contributed by atoms with Gasteiger partial charge in [0.1, 0.15) is 18.1 Å². The summed E-state index contributed by atoms with van der Waals surface area (Å²) >= 11 is 6.96. The number of nitrogens with two attached hydrogens (primary N) is 1. The third-order valence-corrected chi connectivity index (χ3v) is 6.04. The fourth-order valence-corrected chi connectivity index (χ4v) is 4.01. The molecule has 172 valence electrons. The average molecular weight is 489 g/mol. The van der Waals surface area contributed by atoms with E-state index in [-0.39, 0.29) is 23.0 Å².